The summed E-state index contributed by atoms with van der Waals surface area (Å²) >= 11 is 0. The van der Waals surface area contributed by atoms with E-state index in [0.29, 0.717) is 5.56 Å². The highest BCUT2D eigenvalue weighted by Gasteiger charge is 2.37. The van der Waals surface area contributed by atoms with E-state index in [0.717, 1.165) is 4.90 Å². The minimum absolute atomic E-state index is 0.0477. The van der Waals surface area contributed by atoms with Crippen molar-refractivity contribution in [3.05, 3.63) is 50.3 Å². The second-order valence-electron chi connectivity index (χ2n) is 9.23. The van der Waals surface area contributed by atoms with Crippen LogP contribution in [0.2, 0.25) is 0 Å². The van der Waals surface area contributed by atoms with E-state index in [9.17, 15) is 29.3 Å². The number of fused-ring (bicyclic) bond motifs is 1. The van der Waals surface area contributed by atoms with E-state index in [2.05, 4.69) is 20.6 Å². The normalized spacial score (nSPS) is 14.5. The van der Waals surface area contributed by atoms with Crippen LogP contribution in [0.3, 0.4) is 0 Å². The number of ether oxygens (including phenoxy) is 2. The highest BCUT2D eigenvalue weighted by Crippen LogP contribution is 2.28. The summed E-state index contributed by atoms with van der Waals surface area (Å²) in [5.41, 5.74) is -0.215. The second kappa shape index (κ2) is 12.2. The third-order valence-corrected chi connectivity index (χ3v) is 5.62. The molecule has 14 heteroatoms. The van der Waals surface area contributed by atoms with Crippen LogP contribution in [0, 0.1) is 22.0 Å². The Morgan fingerprint density at radius 1 is 1.16 bits per heavy atom. The molecule has 1 aliphatic heterocycles. The van der Waals surface area contributed by atoms with Gasteiger partial charge in [0.2, 0.25) is 11.9 Å². The molecule has 0 radical (unpaired) electrons. The van der Waals surface area contributed by atoms with Gasteiger partial charge in [-0.3, -0.25) is 39.7 Å². The lowest BCUT2D eigenvalue weighted by Gasteiger charge is -2.35. The van der Waals surface area contributed by atoms with Gasteiger partial charge in [0.15, 0.2) is 11.5 Å². The van der Waals surface area contributed by atoms with Gasteiger partial charge in [0.05, 0.1) is 23.5 Å². The van der Waals surface area contributed by atoms with Crippen molar-refractivity contribution in [2.45, 2.75) is 40.2 Å². The van der Waals surface area contributed by atoms with Crippen molar-refractivity contribution in [1.82, 2.24) is 9.97 Å². The van der Waals surface area contributed by atoms with Crippen molar-refractivity contribution >= 4 is 41.1 Å². The minimum atomic E-state index is -0.869. The SMILES string of the molecule is CC(C)C(=O)Nc1nc2c(c(=O)[nH]1)N(C(=O)OCCc1ccc([N+](=O)[O-])cc1)C(COC(=O)C(C)C)CN2. The number of rotatable bonds is 9. The molecule has 0 saturated heterocycles. The van der Waals surface area contributed by atoms with Crippen molar-refractivity contribution in [1.29, 1.82) is 0 Å². The fourth-order valence-electron chi connectivity index (χ4n) is 3.45. The van der Waals surface area contributed by atoms with Crippen LogP contribution >= 0.6 is 0 Å². The lowest BCUT2D eigenvalue weighted by molar-refractivity contribution is -0.384. The Hall–Kier alpha value is -4.49. The molecule has 1 unspecified atom stereocenters. The predicted octanol–water partition coefficient (Wildman–Crippen LogP) is 2.45. The van der Waals surface area contributed by atoms with E-state index in [1.165, 1.54) is 12.1 Å². The van der Waals surface area contributed by atoms with Crippen molar-refractivity contribution in [2.75, 3.05) is 35.3 Å². The van der Waals surface area contributed by atoms with Gasteiger partial charge in [-0.15, -0.1) is 0 Å². The van der Waals surface area contributed by atoms with Crippen molar-refractivity contribution in [3.8, 4) is 0 Å². The number of carbonyl (C=O) groups is 3. The lowest BCUT2D eigenvalue weighted by atomic mass is 10.1. The summed E-state index contributed by atoms with van der Waals surface area (Å²) < 4.78 is 10.7. The Morgan fingerprint density at radius 2 is 1.84 bits per heavy atom. The topological polar surface area (TPSA) is 186 Å². The molecule has 1 aromatic heterocycles. The van der Waals surface area contributed by atoms with Crippen LogP contribution in [-0.2, 0) is 25.5 Å². The zero-order valence-corrected chi connectivity index (χ0v) is 21.5. The molecule has 2 aromatic rings. The second-order valence-corrected chi connectivity index (χ2v) is 9.23. The number of anilines is 3. The van der Waals surface area contributed by atoms with Gasteiger partial charge < -0.3 is 14.8 Å². The highest BCUT2D eigenvalue weighted by molar-refractivity contribution is 5.94. The summed E-state index contributed by atoms with van der Waals surface area (Å²) in [7, 11) is 0. The van der Waals surface area contributed by atoms with Crippen LogP contribution in [0.5, 0.6) is 0 Å². The van der Waals surface area contributed by atoms with E-state index < -0.39 is 34.5 Å². The molecule has 0 aliphatic carbocycles. The molecule has 3 rings (SSSR count). The summed E-state index contributed by atoms with van der Waals surface area (Å²) in [6.45, 7) is 6.51. The Bertz CT molecular complexity index is 1260. The van der Waals surface area contributed by atoms with Crippen LogP contribution in [-0.4, -0.2) is 58.7 Å². The van der Waals surface area contributed by atoms with Crippen LogP contribution in [0.1, 0.15) is 33.3 Å². The molecule has 0 saturated carbocycles. The maximum Gasteiger partial charge on any atom is 0.415 e. The third-order valence-electron chi connectivity index (χ3n) is 5.62. The monoisotopic (exact) mass is 530 g/mol. The Balaban J connectivity index is 1.81. The molecule has 204 valence electrons. The van der Waals surface area contributed by atoms with Crippen LogP contribution in [0.15, 0.2) is 29.1 Å². The number of nitrogens with zero attached hydrogens (tertiary/aromatic N) is 3. The highest BCUT2D eigenvalue weighted by atomic mass is 16.6. The molecule has 0 bridgehead atoms. The first-order valence-corrected chi connectivity index (χ1v) is 12.0. The maximum atomic E-state index is 13.2. The number of non-ortho nitro benzene ring substituents is 1. The lowest BCUT2D eigenvalue weighted by Crippen LogP contribution is -2.53. The van der Waals surface area contributed by atoms with Gasteiger partial charge in [-0.1, -0.05) is 39.8 Å². The van der Waals surface area contributed by atoms with Crippen molar-refractivity contribution in [3.63, 3.8) is 0 Å². The Labute approximate surface area is 217 Å². The average Bonchev–Trinajstić information content (AvgIpc) is 2.87. The molecule has 1 aromatic carbocycles. The summed E-state index contributed by atoms with van der Waals surface area (Å²) in [5.74, 6) is -1.61. The molecule has 38 heavy (non-hydrogen) atoms. The van der Waals surface area contributed by atoms with Gasteiger partial charge in [0.1, 0.15) is 6.61 Å². The predicted molar refractivity (Wildman–Crippen MR) is 137 cm³/mol. The summed E-state index contributed by atoms with van der Waals surface area (Å²) in [6.07, 6.45) is -0.601. The number of carbonyl (C=O) groups excluding carboxylic acids is 3. The molecule has 2 amide bonds. The van der Waals surface area contributed by atoms with E-state index >= 15 is 0 Å². The van der Waals surface area contributed by atoms with Gasteiger partial charge >= 0.3 is 12.1 Å². The van der Waals surface area contributed by atoms with E-state index in [1.807, 2.05) is 0 Å². The number of aromatic nitrogens is 2. The number of benzene rings is 1. The summed E-state index contributed by atoms with van der Waals surface area (Å²) in [5, 5.41) is 16.3. The first kappa shape index (κ1) is 28.1. The number of esters is 1. The number of hydrogen-bond acceptors (Lipinski definition) is 10. The third kappa shape index (κ3) is 6.83. The van der Waals surface area contributed by atoms with Gasteiger partial charge in [0.25, 0.3) is 11.2 Å². The zero-order chi connectivity index (χ0) is 28.0. The molecule has 0 spiro atoms. The fraction of sp³-hybridized carbons (Fsp3) is 0.458. The van der Waals surface area contributed by atoms with Gasteiger partial charge in [-0.2, -0.15) is 4.98 Å². The number of H-pyrrole nitrogens is 1. The quantitative estimate of drug-likeness (QED) is 0.247. The maximum absolute atomic E-state index is 13.2. The average molecular weight is 531 g/mol. The molecule has 0 fully saturated rings. The van der Waals surface area contributed by atoms with Crippen LogP contribution < -0.4 is 21.1 Å². The number of nitro groups is 1. The van der Waals surface area contributed by atoms with E-state index in [4.69, 9.17) is 9.47 Å². The number of nitro benzene ring substituents is 1. The van der Waals surface area contributed by atoms with Gasteiger partial charge in [-0.05, 0) is 5.56 Å². The zero-order valence-electron chi connectivity index (χ0n) is 21.5. The van der Waals surface area contributed by atoms with Gasteiger partial charge in [0, 0.05) is 31.0 Å². The Morgan fingerprint density at radius 3 is 2.45 bits per heavy atom. The molecule has 1 aliphatic rings. The molecular formula is C24H30N6O8. The molecule has 3 N–H and O–H groups in total. The largest absolute Gasteiger partial charge is 0.463 e. The van der Waals surface area contributed by atoms with Gasteiger partial charge in [-0.25, -0.2) is 4.79 Å². The summed E-state index contributed by atoms with van der Waals surface area (Å²) in [6, 6.07) is 5.04. The van der Waals surface area contributed by atoms with E-state index in [-0.39, 0.29) is 61.1 Å². The Kier molecular flexibility index (Phi) is 8.99. The fourth-order valence-corrected chi connectivity index (χ4v) is 3.45. The number of aromatic amines is 1. The number of hydrogen-bond donors (Lipinski definition) is 3. The number of amides is 2. The smallest absolute Gasteiger partial charge is 0.415 e. The molecule has 2 heterocycles. The first-order valence-electron chi connectivity index (χ1n) is 12.0. The van der Waals surface area contributed by atoms with Crippen LogP contribution in [0.4, 0.5) is 27.9 Å². The first-order chi connectivity index (χ1) is 18.0. The van der Waals surface area contributed by atoms with Crippen LogP contribution in [0.25, 0.3) is 0 Å². The molecule has 14 nitrogen and oxygen atoms in total. The van der Waals surface area contributed by atoms with Crippen molar-refractivity contribution < 1.29 is 28.8 Å². The minimum Gasteiger partial charge on any atom is -0.463 e. The summed E-state index contributed by atoms with van der Waals surface area (Å²) in [4.78, 5) is 68.4. The van der Waals surface area contributed by atoms with Crippen molar-refractivity contribution in [2.24, 2.45) is 11.8 Å². The molecule has 1 atom stereocenters. The standard InChI is InChI=1S/C24H30N6O8/c1-13(2)20(31)27-23-26-19-18(21(32)28-23)29(17(11-25-19)12-38-22(33)14(3)4)24(34)37-10-9-15-5-7-16(8-6-15)30(35)36/h5-8,13-14,17H,9-12H2,1-4H3,(H3,25,26,27,28,31,32). The number of nitrogens with one attached hydrogen (secondary N) is 3. The molecular weight excluding hydrogens is 500 g/mol. The van der Waals surface area contributed by atoms with E-state index in [1.54, 1.807) is 39.8 Å².